The van der Waals surface area contributed by atoms with Crippen molar-refractivity contribution in [3.63, 3.8) is 0 Å². The molecule has 19 heavy (non-hydrogen) atoms. The molecule has 3 heterocycles. The number of halogens is 1. The van der Waals surface area contributed by atoms with Crippen LogP contribution < -0.4 is 4.90 Å². The van der Waals surface area contributed by atoms with E-state index in [9.17, 15) is 0 Å². The zero-order valence-electron chi connectivity index (χ0n) is 9.99. The molecule has 0 aromatic carbocycles. The highest BCUT2D eigenvalue weighted by atomic mass is 35.5. The second-order valence-electron chi connectivity index (χ2n) is 4.04. The number of aromatic nitrogens is 5. The van der Waals surface area contributed by atoms with Crippen LogP contribution in [-0.2, 0) is 0 Å². The lowest BCUT2D eigenvalue weighted by Gasteiger charge is -2.26. The third-order valence-electron chi connectivity index (χ3n) is 2.73. The number of piperidine rings is 1. The largest absolute Gasteiger partial charge is 0.341 e. The van der Waals surface area contributed by atoms with Gasteiger partial charge >= 0.3 is 0 Å². The highest BCUT2D eigenvalue weighted by Gasteiger charge is 2.16. The number of anilines is 1. The molecule has 1 saturated heterocycles. The Kier molecular flexibility index (Phi) is 4.09. The van der Waals surface area contributed by atoms with Crippen LogP contribution in [0.4, 0.5) is 5.95 Å². The first kappa shape index (κ1) is 13.0. The summed E-state index contributed by atoms with van der Waals surface area (Å²) < 4.78 is 4.75. The smallest absolute Gasteiger partial charge is 0.230 e. The number of hydrogen-bond acceptors (Lipinski definition) is 8. The van der Waals surface area contributed by atoms with Gasteiger partial charge in [-0.2, -0.15) is 19.3 Å². The molecule has 0 spiro atoms. The van der Waals surface area contributed by atoms with E-state index in [1.807, 2.05) is 0 Å². The Labute approximate surface area is 123 Å². The summed E-state index contributed by atoms with van der Waals surface area (Å²) in [5, 5.41) is 0.792. The lowest BCUT2D eigenvalue weighted by Crippen LogP contribution is -2.31. The van der Waals surface area contributed by atoms with Crippen molar-refractivity contribution in [1.29, 1.82) is 0 Å². The summed E-state index contributed by atoms with van der Waals surface area (Å²) in [6, 6.07) is 0. The van der Waals surface area contributed by atoms with Crippen LogP contribution in [0.15, 0.2) is 15.8 Å². The first-order valence-electron chi connectivity index (χ1n) is 5.92. The molecule has 0 N–H and O–H groups in total. The van der Waals surface area contributed by atoms with E-state index in [0.717, 1.165) is 17.4 Å². The van der Waals surface area contributed by atoms with E-state index in [1.165, 1.54) is 48.9 Å². The van der Waals surface area contributed by atoms with Gasteiger partial charge in [-0.1, -0.05) is 0 Å². The molecule has 0 unspecified atom stereocenters. The van der Waals surface area contributed by atoms with Crippen LogP contribution >= 0.6 is 34.9 Å². The van der Waals surface area contributed by atoms with Gasteiger partial charge < -0.3 is 4.90 Å². The quantitative estimate of drug-likeness (QED) is 0.862. The maximum atomic E-state index is 5.97. The van der Waals surface area contributed by atoms with Gasteiger partial charge in [-0.05, 0) is 54.2 Å². The Bertz CT molecular complexity index is 543. The Morgan fingerprint density at radius 3 is 2.74 bits per heavy atom. The molecule has 6 nitrogen and oxygen atoms in total. The van der Waals surface area contributed by atoms with Crippen LogP contribution in [0.2, 0.25) is 5.28 Å². The second-order valence-corrected chi connectivity index (χ2v) is 6.38. The van der Waals surface area contributed by atoms with E-state index in [0.29, 0.717) is 11.1 Å². The minimum absolute atomic E-state index is 0.225. The predicted octanol–water partition coefficient (Wildman–Crippen LogP) is 2.52. The van der Waals surface area contributed by atoms with E-state index in [4.69, 9.17) is 11.6 Å². The summed E-state index contributed by atoms with van der Waals surface area (Å²) in [6.07, 6.45) is 5.12. The summed E-state index contributed by atoms with van der Waals surface area (Å²) in [6.45, 7) is 1.95. The fraction of sp³-hybridized carbons (Fsp3) is 0.500. The van der Waals surface area contributed by atoms with Crippen molar-refractivity contribution in [1.82, 2.24) is 24.3 Å². The van der Waals surface area contributed by atoms with Crippen LogP contribution in [0.5, 0.6) is 0 Å². The molecule has 2 aromatic heterocycles. The fourth-order valence-corrected chi connectivity index (χ4v) is 3.39. The summed E-state index contributed by atoms with van der Waals surface area (Å²) in [4.78, 5) is 19.0. The van der Waals surface area contributed by atoms with Crippen molar-refractivity contribution in [3.05, 3.63) is 11.6 Å². The molecule has 0 saturated carbocycles. The van der Waals surface area contributed by atoms with Gasteiger partial charge in [-0.3, -0.25) is 0 Å². The normalized spacial score (nSPS) is 15.7. The lowest BCUT2D eigenvalue weighted by atomic mass is 10.1. The van der Waals surface area contributed by atoms with Gasteiger partial charge in [-0.15, -0.1) is 0 Å². The Morgan fingerprint density at radius 2 is 2.00 bits per heavy atom. The van der Waals surface area contributed by atoms with Crippen molar-refractivity contribution in [2.24, 2.45) is 0 Å². The van der Waals surface area contributed by atoms with E-state index in [1.54, 1.807) is 0 Å². The minimum atomic E-state index is 0.225. The van der Waals surface area contributed by atoms with Gasteiger partial charge in [0.25, 0.3) is 0 Å². The molecule has 1 fully saturated rings. The molecular formula is C10H11ClN6S2. The fourth-order valence-electron chi connectivity index (χ4n) is 1.89. The van der Waals surface area contributed by atoms with E-state index in [-0.39, 0.29) is 5.28 Å². The number of nitrogens with zero attached hydrogens (tertiary/aromatic N) is 6. The molecule has 0 atom stereocenters. The van der Waals surface area contributed by atoms with Crippen molar-refractivity contribution < 1.29 is 0 Å². The molecule has 0 bridgehead atoms. The molecule has 9 heteroatoms. The monoisotopic (exact) mass is 314 g/mol. The third kappa shape index (κ3) is 3.31. The van der Waals surface area contributed by atoms with Gasteiger partial charge in [0.1, 0.15) is 6.33 Å². The van der Waals surface area contributed by atoms with Gasteiger partial charge in [-0.25, -0.2) is 4.98 Å². The Balaban J connectivity index is 1.82. The van der Waals surface area contributed by atoms with Crippen LogP contribution in [0.1, 0.15) is 19.3 Å². The summed E-state index contributed by atoms with van der Waals surface area (Å²) >= 11 is 8.64. The standard InChI is InChI=1S/C10H11ClN6S2/c11-7-14-8(17-4-2-1-3-5-17)16-9(15-7)18-10-12-6-13-19-10/h6H,1-5H2. The van der Waals surface area contributed by atoms with Crippen molar-refractivity contribution in [2.75, 3.05) is 18.0 Å². The first-order chi connectivity index (χ1) is 9.31. The highest BCUT2D eigenvalue weighted by Crippen LogP contribution is 2.27. The van der Waals surface area contributed by atoms with Crippen LogP contribution in [-0.4, -0.2) is 37.4 Å². The van der Waals surface area contributed by atoms with Crippen LogP contribution in [0.3, 0.4) is 0 Å². The molecule has 1 aliphatic rings. The van der Waals surface area contributed by atoms with Gasteiger partial charge in [0, 0.05) is 13.1 Å². The van der Waals surface area contributed by atoms with Crippen LogP contribution in [0, 0.1) is 0 Å². The van der Waals surface area contributed by atoms with Crippen molar-refractivity contribution in [2.45, 2.75) is 28.8 Å². The number of hydrogen-bond donors (Lipinski definition) is 0. The van der Waals surface area contributed by atoms with Gasteiger partial charge in [0.2, 0.25) is 16.4 Å². The molecule has 1 aliphatic heterocycles. The van der Waals surface area contributed by atoms with Crippen LogP contribution in [0.25, 0.3) is 0 Å². The van der Waals surface area contributed by atoms with E-state index < -0.39 is 0 Å². The first-order valence-corrected chi connectivity index (χ1v) is 7.89. The molecule has 0 amide bonds. The van der Waals surface area contributed by atoms with Crippen molar-refractivity contribution >= 4 is 40.8 Å². The van der Waals surface area contributed by atoms with Crippen molar-refractivity contribution in [3.8, 4) is 0 Å². The zero-order chi connectivity index (χ0) is 13.1. The summed E-state index contributed by atoms with van der Waals surface area (Å²) in [5.41, 5.74) is 0. The molecule has 0 radical (unpaired) electrons. The molecule has 0 aliphatic carbocycles. The third-order valence-corrected chi connectivity index (χ3v) is 4.48. The topological polar surface area (TPSA) is 67.7 Å². The number of rotatable bonds is 3. The molecular weight excluding hydrogens is 304 g/mol. The second kappa shape index (κ2) is 5.98. The maximum absolute atomic E-state index is 5.97. The lowest BCUT2D eigenvalue weighted by molar-refractivity contribution is 0.564. The zero-order valence-corrected chi connectivity index (χ0v) is 12.4. The predicted molar refractivity (Wildman–Crippen MR) is 74.9 cm³/mol. The van der Waals surface area contributed by atoms with Gasteiger partial charge in [0.15, 0.2) is 4.34 Å². The molecule has 2 aromatic rings. The SMILES string of the molecule is Clc1nc(Sc2ncns2)nc(N2CCCCC2)n1. The average Bonchev–Trinajstić information content (AvgIpc) is 2.92. The Morgan fingerprint density at radius 1 is 1.16 bits per heavy atom. The molecule has 3 rings (SSSR count). The summed E-state index contributed by atoms with van der Waals surface area (Å²) in [7, 11) is 0. The average molecular weight is 315 g/mol. The Hall–Kier alpha value is -0.990. The minimum Gasteiger partial charge on any atom is -0.341 e. The van der Waals surface area contributed by atoms with E-state index >= 15 is 0 Å². The molecule has 100 valence electrons. The highest BCUT2D eigenvalue weighted by molar-refractivity contribution is 8.00. The van der Waals surface area contributed by atoms with Gasteiger partial charge in [0.05, 0.1) is 0 Å². The maximum Gasteiger partial charge on any atom is 0.230 e. The summed E-state index contributed by atoms with van der Waals surface area (Å²) in [5.74, 6) is 0.659. The van der Waals surface area contributed by atoms with E-state index in [2.05, 4.69) is 29.2 Å².